The summed E-state index contributed by atoms with van der Waals surface area (Å²) in [5, 5.41) is 19.2. The number of hydrogen-bond acceptors (Lipinski definition) is 5. The fourth-order valence-electron chi connectivity index (χ4n) is 0.801. The summed E-state index contributed by atoms with van der Waals surface area (Å²) in [5.41, 5.74) is 0. The van der Waals surface area contributed by atoms with Gasteiger partial charge in [0.25, 0.3) is 4.77 Å². The van der Waals surface area contributed by atoms with Crippen LogP contribution in [-0.4, -0.2) is 42.9 Å². The largest absolute Gasteiger partial charge is 0.480 e. The van der Waals surface area contributed by atoms with Gasteiger partial charge in [-0.25, -0.2) is 5.01 Å². The summed E-state index contributed by atoms with van der Waals surface area (Å²) in [4.78, 5) is 12.1. The van der Waals surface area contributed by atoms with Gasteiger partial charge in [0.2, 0.25) is 0 Å². The number of rotatable bonds is 3. The topological polar surface area (TPSA) is 87.0 Å². The van der Waals surface area contributed by atoms with E-state index in [1.807, 2.05) is 0 Å². The smallest absolute Gasteiger partial charge is 0.325 e. The van der Waals surface area contributed by atoms with Gasteiger partial charge in [-0.05, 0) is 24.4 Å². The highest BCUT2D eigenvalue weighted by atomic mass is 32.1. The lowest BCUT2D eigenvalue weighted by molar-refractivity contribution is -0.135. The highest BCUT2D eigenvalue weighted by Gasteiger charge is 2.13. The molecule has 0 saturated carbocycles. The molecule has 1 rings (SSSR count). The number of nitrogens with one attached hydrogen (secondary N) is 1. The van der Waals surface area contributed by atoms with Crippen molar-refractivity contribution in [3.8, 4) is 0 Å². The molecule has 0 unspecified atom stereocenters. The number of aliphatic carboxylic acids is 1. The summed E-state index contributed by atoms with van der Waals surface area (Å²) < 4.78 is 0.121. The standard InChI is InChI=1S/C5H7N5O2S2/c1-3(13)9(2-4(11)12)10-5(14)6-7-8-10/h2H2,1H3,(H,11,12)(H,6,8,14). The molecule has 76 valence electrons. The van der Waals surface area contributed by atoms with Crippen LogP contribution in [0.1, 0.15) is 6.92 Å². The second kappa shape index (κ2) is 4.24. The van der Waals surface area contributed by atoms with Gasteiger partial charge in [0.05, 0.1) is 4.99 Å². The molecule has 14 heavy (non-hydrogen) atoms. The van der Waals surface area contributed by atoms with Crippen molar-refractivity contribution >= 4 is 35.4 Å². The van der Waals surface area contributed by atoms with Gasteiger partial charge in [-0.2, -0.15) is 5.21 Å². The molecule has 2 N–H and O–H groups in total. The van der Waals surface area contributed by atoms with E-state index in [9.17, 15) is 4.79 Å². The molecule has 0 amide bonds. The van der Waals surface area contributed by atoms with Gasteiger partial charge in [-0.1, -0.05) is 17.3 Å². The molecule has 7 nitrogen and oxygen atoms in total. The molecular formula is C5H7N5O2S2. The number of carboxylic acid groups (broad SMARTS) is 1. The van der Waals surface area contributed by atoms with E-state index in [1.165, 1.54) is 9.80 Å². The lowest BCUT2D eigenvalue weighted by Gasteiger charge is -2.19. The fraction of sp³-hybridized carbons (Fsp3) is 0.400. The molecule has 1 heterocycles. The first-order valence-corrected chi connectivity index (χ1v) is 4.34. The zero-order chi connectivity index (χ0) is 10.7. The van der Waals surface area contributed by atoms with Crippen molar-refractivity contribution in [2.24, 2.45) is 0 Å². The van der Waals surface area contributed by atoms with E-state index in [0.717, 1.165) is 0 Å². The van der Waals surface area contributed by atoms with Crippen LogP contribution in [-0.2, 0) is 4.79 Å². The SMILES string of the molecule is CC(=S)N(CC(=O)O)n1[nH]nnc1=S. The van der Waals surface area contributed by atoms with Crippen molar-refractivity contribution in [2.45, 2.75) is 6.92 Å². The first-order chi connectivity index (χ1) is 6.52. The molecule has 1 aromatic rings. The Morgan fingerprint density at radius 1 is 1.79 bits per heavy atom. The monoisotopic (exact) mass is 233 g/mol. The Labute approximate surface area is 89.3 Å². The summed E-state index contributed by atoms with van der Waals surface area (Å²) in [6, 6.07) is 0. The van der Waals surface area contributed by atoms with Crippen LogP contribution in [0.3, 0.4) is 0 Å². The van der Waals surface area contributed by atoms with Crippen molar-refractivity contribution in [3.63, 3.8) is 0 Å². The average molecular weight is 233 g/mol. The second-order valence-electron chi connectivity index (χ2n) is 2.36. The van der Waals surface area contributed by atoms with Crippen LogP contribution in [0.25, 0.3) is 0 Å². The number of aromatic nitrogens is 4. The zero-order valence-corrected chi connectivity index (χ0v) is 8.80. The number of H-pyrrole nitrogens is 1. The number of aromatic amines is 1. The highest BCUT2D eigenvalue weighted by molar-refractivity contribution is 7.80. The van der Waals surface area contributed by atoms with Crippen molar-refractivity contribution in [3.05, 3.63) is 4.77 Å². The van der Waals surface area contributed by atoms with Crippen molar-refractivity contribution in [2.75, 3.05) is 11.6 Å². The predicted octanol–water partition coefficient (Wildman–Crippen LogP) is -0.294. The molecule has 9 heteroatoms. The number of thiocarbonyl (C=S) groups is 1. The molecule has 0 spiro atoms. The Kier molecular flexibility index (Phi) is 3.25. The number of hydrogen-bond donors (Lipinski definition) is 2. The van der Waals surface area contributed by atoms with Gasteiger partial charge in [0.1, 0.15) is 6.54 Å². The van der Waals surface area contributed by atoms with Gasteiger partial charge < -0.3 is 5.11 Å². The molecule has 0 aliphatic heterocycles. The molecule has 0 aromatic carbocycles. The summed E-state index contributed by atoms with van der Waals surface area (Å²) in [6.45, 7) is 1.29. The van der Waals surface area contributed by atoms with Crippen molar-refractivity contribution in [1.29, 1.82) is 0 Å². The van der Waals surface area contributed by atoms with E-state index in [1.54, 1.807) is 6.92 Å². The summed E-state index contributed by atoms with van der Waals surface area (Å²) in [5.74, 6) is -1.02. The summed E-state index contributed by atoms with van der Waals surface area (Å²) in [7, 11) is 0. The van der Waals surface area contributed by atoms with Gasteiger partial charge in [0.15, 0.2) is 0 Å². The third kappa shape index (κ3) is 2.33. The summed E-state index contributed by atoms with van der Waals surface area (Å²) in [6.07, 6.45) is 0. The maximum absolute atomic E-state index is 10.5. The Bertz CT molecular complexity index is 410. The van der Waals surface area contributed by atoms with Crippen LogP contribution in [0.4, 0.5) is 0 Å². The predicted molar refractivity (Wildman–Crippen MR) is 54.2 cm³/mol. The van der Waals surface area contributed by atoms with Crippen LogP contribution in [0.15, 0.2) is 0 Å². The maximum Gasteiger partial charge on any atom is 0.325 e. The van der Waals surface area contributed by atoms with Crippen LogP contribution in [0.2, 0.25) is 0 Å². The Morgan fingerprint density at radius 2 is 2.43 bits per heavy atom. The molecule has 0 radical (unpaired) electrons. The minimum Gasteiger partial charge on any atom is -0.480 e. The first kappa shape index (κ1) is 10.7. The molecule has 0 bridgehead atoms. The minimum absolute atomic E-state index is 0.121. The third-order valence-corrected chi connectivity index (χ3v) is 1.81. The molecule has 0 saturated heterocycles. The van der Waals surface area contributed by atoms with E-state index in [0.29, 0.717) is 4.99 Å². The van der Waals surface area contributed by atoms with Crippen LogP contribution in [0.5, 0.6) is 0 Å². The van der Waals surface area contributed by atoms with Crippen LogP contribution in [0, 0.1) is 4.77 Å². The van der Waals surface area contributed by atoms with Gasteiger partial charge in [-0.3, -0.25) is 4.79 Å². The van der Waals surface area contributed by atoms with Crippen molar-refractivity contribution in [1.82, 2.24) is 20.3 Å². The Morgan fingerprint density at radius 3 is 2.79 bits per heavy atom. The van der Waals surface area contributed by atoms with Crippen LogP contribution < -0.4 is 5.01 Å². The molecule has 0 atom stereocenters. The first-order valence-electron chi connectivity index (χ1n) is 3.52. The number of tetrazole rings is 1. The van der Waals surface area contributed by atoms with Crippen molar-refractivity contribution < 1.29 is 9.90 Å². The van der Waals surface area contributed by atoms with Gasteiger partial charge >= 0.3 is 5.97 Å². The quantitative estimate of drug-likeness (QED) is 0.693. The molecule has 0 aliphatic rings. The van der Waals surface area contributed by atoms with Gasteiger partial charge in [-0.15, -0.1) is 4.79 Å². The summed E-state index contributed by atoms with van der Waals surface area (Å²) >= 11 is 9.66. The highest BCUT2D eigenvalue weighted by Crippen LogP contribution is 1.92. The Hall–Kier alpha value is -1.35. The van der Waals surface area contributed by atoms with E-state index in [4.69, 9.17) is 29.5 Å². The number of nitrogens with zero attached hydrogens (tertiary/aromatic N) is 4. The second-order valence-corrected chi connectivity index (χ2v) is 3.32. The Balaban J connectivity index is 3.00. The minimum atomic E-state index is -1.02. The zero-order valence-electron chi connectivity index (χ0n) is 7.17. The maximum atomic E-state index is 10.5. The van der Waals surface area contributed by atoms with E-state index in [-0.39, 0.29) is 11.3 Å². The van der Waals surface area contributed by atoms with Gasteiger partial charge in [0, 0.05) is 0 Å². The number of carboxylic acids is 1. The fourth-order valence-corrected chi connectivity index (χ4v) is 1.13. The lowest BCUT2D eigenvalue weighted by Crippen LogP contribution is -2.42. The third-order valence-electron chi connectivity index (χ3n) is 1.35. The van der Waals surface area contributed by atoms with E-state index in [2.05, 4.69) is 15.5 Å². The molecular weight excluding hydrogens is 226 g/mol. The number of carbonyl (C=O) groups is 1. The lowest BCUT2D eigenvalue weighted by atomic mass is 10.6. The van der Waals surface area contributed by atoms with Crippen LogP contribution >= 0.6 is 24.4 Å². The van der Waals surface area contributed by atoms with E-state index >= 15 is 0 Å². The molecule has 1 aromatic heterocycles. The van der Waals surface area contributed by atoms with E-state index < -0.39 is 5.97 Å². The normalized spacial score (nSPS) is 9.79. The average Bonchev–Trinajstić information content (AvgIpc) is 2.46. The molecule has 0 aliphatic carbocycles. The molecule has 0 fully saturated rings.